The van der Waals surface area contributed by atoms with Crippen LogP contribution in [0.4, 0.5) is 0 Å². The predicted octanol–water partition coefficient (Wildman–Crippen LogP) is 3.90. The molecule has 1 fully saturated rings. The molecule has 30 heavy (non-hydrogen) atoms. The van der Waals surface area contributed by atoms with Crippen LogP contribution in [0.5, 0.6) is 0 Å². The quantitative estimate of drug-likeness (QED) is 0.465. The van der Waals surface area contributed by atoms with Gasteiger partial charge in [0.1, 0.15) is 0 Å². The number of piperazine rings is 1. The monoisotopic (exact) mass is 417 g/mol. The van der Waals surface area contributed by atoms with E-state index >= 15 is 0 Å². The molecule has 4 rings (SSSR count). The molecule has 0 aliphatic carbocycles. The maximum Gasteiger partial charge on any atom is 0.204 e. The van der Waals surface area contributed by atoms with E-state index in [1.54, 1.807) is 0 Å². The van der Waals surface area contributed by atoms with Gasteiger partial charge in [-0.2, -0.15) is 0 Å². The average molecular weight is 418 g/mol. The molecule has 0 N–H and O–H groups in total. The van der Waals surface area contributed by atoms with E-state index in [4.69, 9.17) is 23.7 Å². The van der Waals surface area contributed by atoms with Gasteiger partial charge in [-0.1, -0.05) is 42.3 Å². The van der Waals surface area contributed by atoms with Crippen LogP contribution in [0.1, 0.15) is 11.1 Å². The summed E-state index contributed by atoms with van der Waals surface area (Å²) >= 11 is 5.90. The summed E-state index contributed by atoms with van der Waals surface area (Å²) in [6, 6.07) is 16.7. The van der Waals surface area contributed by atoms with E-state index in [1.807, 2.05) is 22.9 Å². The topological polar surface area (TPSA) is 29.2 Å². The highest BCUT2D eigenvalue weighted by Crippen LogP contribution is 2.24. The van der Waals surface area contributed by atoms with Crippen molar-refractivity contribution in [3.63, 3.8) is 0 Å². The molecule has 0 amide bonds. The molecule has 3 aromatic rings. The zero-order valence-corrected chi connectivity index (χ0v) is 18.4. The molecule has 1 aliphatic heterocycles. The summed E-state index contributed by atoms with van der Waals surface area (Å²) in [5.41, 5.74) is 4.61. The van der Waals surface area contributed by atoms with Gasteiger partial charge in [-0.15, -0.1) is 11.5 Å². The molecule has 0 spiro atoms. The van der Waals surface area contributed by atoms with Crippen molar-refractivity contribution in [1.29, 1.82) is 0 Å². The second kappa shape index (κ2) is 8.97. The number of aryl methyl sites for hydroxylation is 2. The Balaban J connectivity index is 1.69. The fourth-order valence-corrected chi connectivity index (χ4v) is 4.07. The molecule has 1 aliphatic rings. The Morgan fingerprint density at radius 3 is 2.33 bits per heavy atom. The normalized spacial score (nSPS) is 15.2. The van der Waals surface area contributed by atoms with Crippen LogP contribution in [-0.2, 0) is 6.67 Å². The maximum atomic E-state index is 5.90. The summed E-state index contributed by atoms with van der Waals surface area (Å²) in [7, 11) is 0. The Morgan fingerprint density at radius 1 is 0.967 bits per heavy atom. The van der Waals surface area contributed by atoms with Gasteiger partial charge in [0.2, 0.25) is 4.77 Å². The molecule has 154 valence electrons. The third-order valence-corrected chi connectivity index (χ3v) is 6.13. The summed E-state index contributed by atoms with van der Waals surface area (Å²) in [5.74, 6) is 3.61. The van der Waals surface area contributed by atoms with Gasteiger partial charge in [0.05, 0.1) is 18.9 Å². The van der Waals surface area contributed by atoms with Crippen LogP contribution < -0.4 is 0 Å². The van der Waals surface area contributed by atoms with Crippen molar-refractivity contribution >= 4 is 12.2 Å². The summed E-state index contributed by atoms with van der Waals surface area (Å²) in [4.78, 5) is 4.69. The van der Waals surface area contributed by atoms with Gasteiger partial charge >= 0.3 is 0 Å². The van der Waals surface area contributed by atoms with E-state index in [-0.39, 0.29) is 0 Å². The number of hydrogen-bond donors (Lipinski definition) is 0. The van der Waals surface area contributed by atoms with Crippen molar-refractivity contribution in [2.75, 3.05) is 32.7 Å². The lowest BCUT2D eigenvalue weighted by Crippen LogP contribution is -2.46. The zero-order valence-electron chi connectivity index (χ0n) is 17.6. The highest BCUT2D eigenvalue weighted by atomic mass is 32.1. The number of benzene rings is 2. The zero-order chi connectivity index (χ0) is 21.1. The molecule has 0 atom stereocenters. The van der Waals surface area contributed by atoms with Crippen molar-refractivity contribution < 1.29 is 0 Å². The van der Waals surface area contributed by atoms with Gasteiger partial charge in [0.25, 0.3) is 0 Å². The predicted molar refractivity (Wildman–Crippen MR) is 124 cm³/mol. The van der Waals surface area contributed by atoms with Crippen LogP contribution in [-0.4, -0.2) is 56.9 Å². The first kappa shape index (κ1) is 20.5. The second-order valence-corrected chi connectivity index (χ2v) is 8.18. The molecular formula is C24H27N5S. The molecule has 0 saturated carbocycles. The number of aromatic nitrogens is 3. The highest BCUT2D eigenvalue weighted by molar-refractivity contribution is 7.71. The molecule has 2 aromatic carbocycles. The minimum atomic E-state index is 0.681. The van der Waals surface area contributed by atoms with Crippen molar-refractivity contribution in [1.82, 2.24) is 24.1 Å². The minimum Gasteiger partial charge on any atom is -0.290 e. The van der Waals surface area contributed by atoms with Gasteiger partial charge in [-0.3, -0.25) is 14.4 Å². The fourth-order valence-electron chi connectivity index (χ4n) is 3.78. The van der Waals surface area contributed by atoms with Crippen LogP contribution in [0, 0.1) is 31.0 Å². The molecule has 0 radical (unpaired) electrons. The van der Waals surface area contributed by atoms with Gasteiger partial charge in [0.15, 0.2) is 5.82 Å². The molecule has 0 unspecified atom stereocenters. The summed E-state index contributed by atoms with van der Waals surface area (Å²) in [6.07, 6.45) is 5.45. The molecule has 5 nitrogen and oxygen atoms in total. The SMILES string of the molecule is C#CCN1CCN(Cn2nc(-c3ccccc3)n(-c3ccc(C)c(C)c3)c2=S)CC1. The van der Waals surface area contributed by atoms with E-state index in [2.05, 4.69) is 64.5 Å². The average Bonchev–Trinajstić information content (AvgIpc) is 3.08. The fraction of sp³-hybridized carbons (Fsp3) is 0.333. The van der Waals surface area contributed by atoms with E-state index in [0.29, 0.717) is 18.0 Å². The largest absolute Gasteiger partial charge is 0.290 e. The van der Waals surface area contributed by atoms with Crippen LogP contribution >= 0.6 is 12.2 Å². The molecule has 0 bridgehead atoms. The third-order valence-electron chi connectivity index (χ3n) is 5.73. The van der Waals surface area contributed by atoms with Gasteiger partial charge in [-0.05, 0) is 49.3 Å². The molecule has 2 heterocycles. The first-order chi connectivity index (χ1) is 14.6. The van der Waals surface area contributed by atoms with Crippen LogP contribution in [0.2, 0.25) is 0 Å². The minimum absolute atomic E-state index is 0.681. The number of rotatable bonds is 5. The van der Waals surface area contributed by atoms with Crippen molar-refractivity contribution in [3.05, 3.63) is 64.4 Å². The summed E-state index contributed by atoms with van der Waals surface area (Å²) < 4.78 is 4.75. The van der Waals surface area contributed by atoms with Gasteiger partial charge in [0, 0.05) is 31.7 Å². The smallest absolute Gasteiger partial charge is 0.204 e. The lowest BCUT2D eigenvalue weighted by atomic mass is 10.1. The Morgan fingerprint density at radius 2 is 1.67 bits per heavy atom. The third kappa shape index (κ3) is 4.24. The number of nitrogens with zero attached hydrogens (tertiary/aromatic N) is 5. The Labute approximate surface area is 183 Å². The van der Waals surface area contributed by atoms with E-state index in [9.17, 15) is 0 Å². The van der Waals surface area contributed by atoms with Crippen LogP contribution in [0.3, 0.4) is 0 Å². The summed E-state index contributed by atoms with van der Waals surface area (Å²) in [6.45, 7) is 9.51. The van der Waals surface area contributed by atoms with Crippen molar-refractivity contribution in [3.8, 4) is 29.4 Å². The number of terminal acetylenes is 1. The van der Waals surface area contributed by atoms with Gasteiger partial charge < -0.3 is 0 Å². The molecular weight excluding hydrogens is 390 g/mol. The molecule has 1 aromatic heterocycles. The van der Waals surface area contributed by atoms with Crippen molar-refractivity contribution in [2.45, 2.75) is 20.5 Å². The first-order valence-corrected chi connectivity index (χ1v) is 10.7. The second-order valence-electron chi connectivity index (χ2n) is 7.82. The summed E-state index contributed by atoms with van der Waals surface area (Å²) in [5, 5.41) is 4.95. The Kier molecular flexibility index (Phi) is 6.14. The van der Waals surface area contributed by atoms with Crippen LogP contribution in [0.15, 0.2) is 48.5 Å². The molecule has 6 heteroatoms. The van der Waals surface area contributed by atoms with E-state index in [0.717, 1.165) is 43.3 Å². The van der Waals surface area contributed by atoms with Crippen molar-refractivity contribution in [2.24, 2.45) is 0 Å². The van der Waals surface area contributed by atoms with Crippen LogP contribution in [0.25, 0.3) is 17.1 Å². The standard InChI is InChI=1S/C24H27N5S/c1-4-12-26-13-15-27(16-14-26)18-28-24(30)29(22-11-10-19(2)20(3)17-22)23(25-28)21-8-6-5-7-9-21/h1,5-11,17H,12-16,18H2,2-3H3. The van der Waals surface area contributed by atoms with Gasteiger partial charge in [-0.25, -0.2) is 4.68 Å². The van der Waals surface area contributed by atoms with E-state index < -0.39 is 0 Å². The lowest BCUT2D eigenvalue weighted by Gasteiger charge is -2.33. The Hall–Kier alpha value is -2.72. The lowest BCUT2D eigenvalue weighted by molar-refractivity contribution is 0.111. The maximum absolute atomic E-state index is 5.90. The number of hydrogen-bond acceptors (Lipinski definition) is 4. The van der Waals surface area contributed by atoms with E-state index in [1.165, 1.54) is 11.1 Å². The Bertz CT molecular complexity index is 1110. The highest BCUT2D eigenvalue weighted by Gasteiger charge is 2.20. The first-order valence-electron chi connectivity index (χ1n) is 10.3. The molecule has 1 saturated heterocycles.